The Bertz CT molecular complexity index is 371. The van der Waals surface area contributed by atoms with Crippen LogP contribution >= 0.6 is 0 Å². The van der Waals surface area contributed by atoms with Gasteiger partial charge in [0.1, 0.15) is 0 Å². The molecule has 1 aromatic heterocycles. The van der Waals surface area contributed by atoms with E-state index in [4.69, 9.17) is 9.47 Å². The van der Waals surface area contributed by atoms with Gasteiger partial charge >= 0.3 is 0 Å². The van der Waals surface area contributed by atoms with Gasteiger partial charge in [0.25, 0.3) is 0 Å². The number of aromatic nitrogens is 2. The summed E-state index contributed by atoms with van der Waals surface area (Å²) < 4.78 is 24.0. The van der Waals surface area contributed by atoms with Crippen LogP contribution in [0.25, 0.3) is 0 Å². The highest BCUT2D eigenvalue weighted by Gasteiger charge is 2.15. The van der Waals surface area contributed by atoms with Crippen LogP contribution in [0.2, 0.25) is 0 Å². The number of nitrogens with one attached hydrogen (secondary N) is 2. The zero-order valence-electron chi connectivity index (χ0n) is 9.57. The van der Waals surface area contributed by atoms with Gasteiger partial charge < -0.3 is 20.1 Å². The molecule has 1 aliphatic heterocycles. The lowest BCUT2D eigenvalue weighted by molar-refractivity contribution is -0.0819. The van der Waals surface area contributed by atoms with E-state index in [1.807, 2.05) is 0 Å². The van der Waals surface area contributed by atoms with Gasteiger partial charge in [0.05, 0.1) is 32.1 Å². The first-order valence-corrected chi connectivity index (χ1v) is 5.43. The topological polar surface area (TPSA) is 68.3 Å². The van der Waals surface area contributed by atoms with Crippen LogP contribution in [0.1, 0.15) is 0 Å². The summed E-state index contributed by atoms with van der Waals surface area (Å²) in [6.07, 6.45) is 1.05. The molecule has 1 atom stereocenters. The van der Waals surface area contributed by atoms with Crippen LogP contribution in [0.4, 0.5) is 16.2 Å². The Balaban J connectivity index is 1.92. The molecule has 0 radical (unpaired) electrons. The van der Waals surface area contributed by atoms with Gasteiger partial charge in [-0.1, -0.05) is 0 Å². The van der Waals surface area contributed by atoms with Crippen molar-refractivity contribution in [3.8, 4) is 0 Å². The molecule has 1 saturated heterocycles. The van der Waals surface area contributed by atoms with Crippen molar-refractivity contribution >= 4 is 11.8 Å². The first-order chi connectivity index (χ1) is 8.29. The summed E-state index contributed by atoms with van der Waals surface area (Å²) in [5, 5.41) is 5.63. The van der Waals surface area contributed by atoms with E-state index in [2.05, 4.69) is 20.6 Å². The fraction of sp³-hybridized carbons (Fsp3) is 0.600. The van der Waals surface area contributed by atoms with Crippen molar-refractivity contribution in [3.05, 3.63) is 12.0 Å². The zero-order valence-corrected chi connectivity index (χ0v) is 9.57. The van der Waals surface area contributed by atoms with Crippen molar-refractivity contribution in [2.24, 2.45) is 0 Å². The molecule has 17 heavy (non-hydrogen) atoms. The predicted octanol–water partition coefficient (Wildman–Crippen LogP) is 0.485. The van der Waals surface area contributed by atoms with Gasteiger partial charge in [-0.3, -0.25) is 0 Å². The van der Waals surface area contributed by atoms with Crippen molar-refractivity contribution in [2.75, 3.05) is 44.0 Å². The molecule has 1 aliphatic rings. The van der Waals surface area contributed by atoms with Crippen molar-refractivity contribution in [2.45, 2.75) is 6.10 Å². The minimum Gasteiger partial charge on any atom is -0.376 e. The van der Waals surface area contributed by atoms with E-state index in [9.17, 15) is 4.39 Å². The van der Waals surface area contributed by atoms with E-state index in [0.29, 0.717) is 32.3 Å². The molecule has 1 unspecified atom stereocenters. The molecule has 2 N–H and O–H groups in total. The van der Waals surface area contributed by atoms with Crippen molar-refractivity contribution in [3.63, 3.8) is 0 Å². The fourth-order valence-electron chi connectivity index (χ4n) is 1.48. The number of rotatable bonds is 4. The minimum atomic E-state index is -0.485. The number of ether oxygens (including phenoxy) is 2. The Labute approximate surface area is 98.5 Å². The molecule has 7 heteroatoms. The third-order valence-electron chi connectivity index (χ3n) is 2.35. The summed E-state index contributed by atoms with van der Waals surface area (Å²) in [7, 11) is 1.68. The van der Waals surface area contributed by atoms with Crippen LogP contribution in [0.15, 0.2) is 6.20 Å². The zero-order chi connectivity index (χ0) is 12.1. The first kappa shape index (κ1) is 12.0. The Morgan fingerprint density at radius 2 is 2.41 bits per heavy atom. The molecule has 0 bridgehead atoms. The molecule has 2 heterocycles. The Morgan fingerprint density at radius 3 is 3.12 bits per heavy atom. The lowest BCUT2D eigenvalue weighted by atomic mass is 10.3. The van der Waals surface area contributed by atoms with Crippen LogP contribution in [0.5, 0.6) is 0 Å². The third kappa shape index (κ3) is 3.24. The average molecular weight is 242 g/mol. The fourth-order valence-corrected chi connectivity index (χ4v) is 1.48. The number of hydrogen-bond acceptors (Lipinski definition) is 6. The van der Waals surface area contributed by atoms with Crippen LogP contribution in [0, 0.1) is 5.82 Å². The number of halogens is 1. The Kier molecular flexibility index (Phi) is 4.05. The third-order valence-corrected chi connectivity index (χ3v) is 2.35. The van der Waals surface area contributed by atoms with Crippen molar-refractivity contribution < 1.29 is 13.9 Å². The van der Waals surface area contributed by atoms with Gasteiger partial charge in [-0.05, 0) is 0 Å². The lowest BCUT2D eigenvalue weighted by Crippen LogP contribution is -2.34. The van der Waals surface area contributed by atoms with Gasteiger partial charge in [-0.25, -0.2) is 9.37 Å². The minimum absolute atomic E-state index is 0.0730. The maximum absolute atomic E-state index is 13.4. The largest absolute Gasteiger partial charge is 0.376 e. The summed E-state index contributed by atoms with van der Waals surface area (Å²) in [6, 6.07) is 0. The normalized spacial score (nSPS) is 20.0. The van der Waals surface area contributed by atoms with Crippen LogP contribution < -0.4 is 10.6 Å². The van der Waals surface area contributed by atoms with Gasteiger partial charge in [0, 0.05) is 13.6 Å². The van der Waals surface area contributed by atoms with Gasteiger partial charge in [0.2, 0.25) is 5.95 Å². The van der Waals surface area contributed by atoms with Gasteiger partial charge in [0.15, 0.2) is 11.6 Å². The van der Waals surface area contributed by atoms with Gasteiger partial charge in [-0.2, -0.15) is 4.98 Å². The van der Waals surface area contributed by atoms with Crippen LogP contribution in [-0.4, -0.2) is 49.5 Å². The van der Waals surface area contributed by atoms with Crippen molar-refractivity contribution in [1.29, 1.82) is 0 Å². The number of nitrogens with zero attached hydrogens (tertiary/aromatic N) is 2. The smallest absolute Gasteiger partial charge is 0.224 e. The summed E-state index contributed by atoms with van der Waals surface area (Å²) in [5.41, 5.74) is 0. The Hall–Kier alpha value is -1.47. The molecule has 0 saturated carbocycles. The first-order valence-electron chi connectivity index (χ1n) is 5.43. The quantitative estimate of drug-likeness (QED) is 0.800. The summed E-state index contributed by atoms with van der Waals surface area (Å²) in [5.74, 6) is 0.0500. The molecule has 0 aliphatic carbocycles. The van der Waals surface area contributed by atoms with E-state index in [0.717, 1.165) is 6.20 Å². The number of hydrogen-bond donors (Lipinski definition) is 2. The van der Waals surface area contributed by atoms with E-state index in [1.165, 1.54) is 0 Å². The highest BCUT2D eigenvalue weighted by atomic mass is 19.1. The number of anilines is 2. The molecule has 1 aromatic rings. The second-order valence-corrected chi connectivity index (χ2v) is 3.59. The van der Waals surface area contributed by atoms with Crippen LogP contribution in [-0.2, 0) is 9.47 Å². The monoisotopic (exact) mass is 242 g/mol. The van der Waals surface area contributed by atoms with Crippen molar-refractivity contribution in [1.82, 2.24) is 9.97 Å². The highest BCUT2D eigenvalue weighted by Crippen LogP contribution is 2.12. The molecule has 0 spiro atoms. The SMILES string of the molecule is CNc1ncc(F)c(NCC2COCCO2)n1. The van der Waals surface area contributed by atoms with E-state index >= 15 is 0 Å². The maximum Gasteiger partial charge on any atom is 0.224 e. The second-order valence-electron chi connectivity index (χ2n) is 3.59. The molecule has 6 nitrogen and oxygen atoms in total. The molecular weight excluding hydrogens is 227 g/mol. The summed E-state index contributed by atoms with van der Waals surface area (Å²) in [4.78, 5) is 7.73. The second kappa shape index (κ2) is 5.74. The molecule has 94 valence electrons. The molecule has 0 amide bonds. The predicted molar refractivity (Wildman–Crippen MR) is 60.6 cm³/mol. The molecule has 0 aromatic carbocycles. The average Bonchev–Trinajstić information content (AvgIpc) is 2.39. The van der Waals surface area contributed by atoms with Crippen LogP contribution in [0.3, 0.4) is 0 Å². The van der Waals surface area contributed by atoms with E-state index in [1.54, 1.807) is 7.05 Å². The molecule has 1 fully saturated rings. The summed E-state index contributed by atoms with van der Waals surface area (Å²) >= 11 is 0. The maximum atomic E-state index is 13.4. The standard InChI is InChI=1S/C10H15FN4O2/c1-12-10-14-5-8(11)9(15-10)13-4-7-6-16-2-3-17-7/h5,7H,2-4,6H2,1H3,(H2,12,13,14,15). The molecule has 2 rings (SSSR count). The van der Waals surface area contributed by atoms with Gasteiger partial charge in [-0.15, -0.1) is 0 Å². The lowest BCUT2D eigenvalue weighted by Gasteiger charge is -2.23. The highest BCUT2D eigenvalue weighted by molar-refractivity contribution is 5.40. The molecular formula is C10H15FN4O2. The Morgan fingerprint density at radius 1 is 1.53 bits per heavy atom. The van der Waals surface area contributed by atoms with E-state index in [-0.39, 0.29) is 11.9 Å². The van der Waals surface area contributed by atoms with E-state index < -0.39 is 5.82 Å². The summed E-state index contributed by atoms with van der Waals surface area (Å²) in [6.45, 7) is 2.15.